The maximum Gasteiger partial charge on any atom is 0.110 e. The first-order chi connectivity index (χ1) is 7.86. The molecule has 0 saturated heterocycles. The van der Waals surface area contributed by atoms with Gasteiger partial charge in [0.1, 0.15) is 6.10 Å². The molecule has 92 valence electrons. The summed E-state index contributed by atoms with van der Waals surface area (Å²) in [6, 6.07) is 0.662. The monoisotopic (exact) mass is 223 g/mol. The fourth-order valence-corrected chi connectivity index (χ4v) is 2.85. The van der Waals surface area contributed by atoms with Crippen LogP contribution in [0.2, 0.25) is 0 Å². The van der Waals surface area contributed by atoms with Gasteiger partial charge >= 0.3 is 0 Å². The van der Waals surface area contributed by atoms with Gasteiger partial charge in [-0.25, -0.2) is 0 Å². The SMILES string of the molecule is CC(NCC1CCC=CO1)C1CCCCC1. The van der Waals surface area contributed by atoms with Gasteiger partial charge in [-0.15, -0.1) is 0 Å². The predicted molar refractivity (Wildman–Crippen MR) is 67.3 cm³/mol. The Morgan fingerprint density at radius 3 is 2.75 bits per heavy atom. The van der Waals surface area contributed by atoms with Crippen molar-refractivity contribution in [1.82, 2.24) is 5.32 Å². The molecule has 0 bridgehead atoms. The van der Waals surface area contributed by atoms with Crippen molar-refractivity contribution < 1.29 is 4.74 Å². The molecule has 2 unspecified atom stereocenters. The highest BCUT2D eigenvalue weighted by atomic mass is 16.5. The van der Waals surface area contributed by atoms with E-state index in [9.17, 15) is 0 Å². The third-order valence-electron chi connectivity index (χ3n) is 4.05. The van der Waals surface area contributed by atoms with Crippen LogP contribution in [0.15, 0.2) is 12.3 Å². The molecule has 1 saturated carbocycles. The van der Waals surface area contributed by atoms with Gasteiger partial charge in [0, 0.05) is 12.6 Å². The van der Waals surface area contributed by atoms with Gasteiger partial charge in [-0.2, -0.15) is 0 Å². The predicted octanol–water partition coefficient (Wildman–Crippen LogP) is 3.24. The van der Waals surface area contributed by atoms with E-state index in [0.717, 1.165) is 12.5 Å². The summed E-state index contributed by atoms with van der Waals surface area (Å²) in [4.78, 5) is 0. The molecule has 2 aliphatic rings. The van der Waals surface area contributed by atoms with E-state index in [2.05, 4.69) is 18.3 Å². The van der Waals surface area contributed by atoms with Gasteiger partial charge in [0.05, 0.1) is 6.26 Å². The van der Waals surface area contributed by atoms with Crippen LogP contribution >= 0.6 is 0 Å². The molecule has 0 amide bonds. The van der Waals surface area contributed by atoms with E-state index in [1.807, 2.05) is 6.26 Å². The first-order valence-electron chi connectivity index (χ1n) is 6.90. The van der Waals surface area contributed by atoms with E-state index in [1.54, 1.807) is 0 Å². The minimum absolute atomic E-state index is 0.399. The van der Waals surface area contributed by atoms with Crippen molar-refractivity contribution in [3.05, 3.63) is 12.3 Å². The van der Waals surface area contributed by atoms with Crippen molar-refractivity contribution in [1.29, 1.82) is 0 Å². The normalized spacial score (nSPS) is 28.7. The minimum atomic E-state index is 0.399. The molecule has 0 spiro atoms. The molecular weight excluding hydrogens is 198 g/mol. The number of hydrogen-bond donors (Lipinski definition) is 1. The standard InChI is InChI=1S/C14H25NO/c1-12(13-7-3-2-4-8-13)15-11-14-9-5-6-10-16-14/h6,10,12-15H,2-5,7-9,11H2,1H3. The fraction of sp³-hybridized carbons (Fsp3) is 0.857. The molecule has 16 heavy (non-hydrogen) atoms. The van der Waals surface area contributed by atoms with Gasteiger partial charge in [0.2, 0.25) is 0 Å². The van der Waals surface area contributed by atoms with E-state index in [4.69, 9.17) is 4.74 Å². The molecule has 1 heterocycles. The van der Waals surface area contributed by atoms with Crippen molar-refractivity contribution in [3.8, 4) is 0 Å². The maximum atomic E-state index is 5.57. The van der Waals surface area contributed by atoms with Crippen molar-refractivity contribution in [2.24, 2.45) is 5.92 Å². The smallest absolute Gasteiger partial charge is 0.110 e. The molecule has 2 rings (SSSR count). The lowest BCUT2D eigenvalue weighted by atomic mass is 9.84. The average Bonchev–Trinajstić information content (AvgIpc) is 2.38. The second kappa shape index (κ2) is 6.29. The van der Waals surface area contributed by atoms with Crippen LogP contribution < -0.4 is 5.32 Å². The molecule has 0 aromatic rings. The summed E-state index contributed by atoms with van der Waals surface area (Å²) in [7, 11) is 0. The van der Waals surface area contributed by atoms with Crippen LogP contribution in [0.1, 0.15) is 51.9 Å². The molecular formula is C14H25NO. The molecule has 1 fully saturated rings. The van der Waals surface area contributed by atoms with Gasteiger partial charge < -0.3 is 10.1 Å². The summed E-state index contributed by atoms with van der Waals surface area (Å²) in [5.41, 5.74) is 0. The Morgan fingerprint density at radius 2 is 2.06 bits per heavy atom. The number of rotatable bonds is 4. The van der Waals surface area contributed by atoms with E-state index >= 15 is 0 Å². The number of ether oxygens (including phenoxy) is 1. The second-order valence-corrected chi connectivity index (χ2v) is 5.30. The number of allylic oxidation sites excluding steroid dienone is 1. The Labute approximate surface area is 99.4 Å². The first kappa shape index (κ1) is 12.0. The van der Waals surface area contributed by atoms with Gasteiger partial charge in [-0.3, -0.25) is 0 Å². The molecule has 0 aromatic carbocycles. The van der Waals surface area contributed by atoms with E-state index < -0.39 is 0 Å². The van der Waals surface area contributed by atoms with Crippen LogP contribution in [0.3, 0.4) is 0 Å². The zero-order valence-corrected chi connectivity index (χ0v) is 10.5. The largest absolute Gasteiger partial charge is 0.497 e. The third-order valence-corrected chi connectivity index (χ3v) is 4.05. The quantitative estimate of drug-likeness (QED) is 0.790. The van der Waals surface area contributed by atoms with Gasteiger partial charge in [-0.05, 0) is 44.6 Å². The van der Waals surface area contributed by atoms with Crippen molar-refractivity contribution in [2.75, 3.05) is 6.54 Å². The van der Waals surface area contributed by atoms with Crippen LogP contribution in [0.4, 0.5) is 0 Å². The highest BCUT2D eigenvalue weighted by molar-refractivity contribution is 4.84. The molecule has 0 radical (unpaired) electrons. The highest BCUT2D eigenvalue weighted by Gasteiger charge is 2.20. The Hall–Kier alpha value is -0.500. The third kappa shape index (κ3) is 3.51. The van der Waals surface area contributed by atoms with Gasteiger partial charge in [-0.1, -0.05) is 19.3 Å². The maximum absolute atomic E-state index is 5.57. The topological polar surface area (TPSA) is 21.3 Å². The lowest BCUT2D eigenvalue weighted by Gasteiger charge is -2.30. The Bertz CT molecular complexity index is 221. The van der Waals surface area contributed by atoms with Crippen LogP contribution in [0.5, 0.6) is 0 Å². The van der Waals surface area contributed by atoms with Gasteiger partial charge in [0.25, 0.3) is 0 Å². The van der Waals surface area contributed by atoms with Crippen LogP contribution in [-0.4, -0.2) is 18.7 Å². The minimum Gasteiger partial charge on any atom is -0.497 e. The van der Waals surface area contributed by atoms with E-state index in [-0.39, 0.29) is 0 Å². The van der Waals surface area contributed by atoms with Crippen molar-refractivity contribution >= 4 is 0 Å². The molecule has 2 heteroatoms. The molecule has 1 aliphatic heterocycles. The van der Waals surface area contributed by atoms with Gasteiger partial charge in [0.15, 0.2) is 0 Å². The number of hydrogen-bond acceptors (Lipinski definition) is 2. The summed E-state index contributed by atoms with van der Waals surface area (Å²) < 4.78 is 5.57. The molecule has 0 aromatic heterocycles. The Balaban J connectivity index is 1.66. The van der Waals surface area contributed by atoms with Crippen molar-refractivity contribution in [2.45, 2.75) is 64.0 Å². The Morgan fingerprint density at radius 1 is 1.25 bits per heavy atom. The zero-order valence-electron chi connectivity index (χ0n) is 10.5. The summed E-state index contributed by atoms with van der Waals surface area (Å²) in [6.07, 6.45) is 13.8. The fourth-order valence-electron chi connectivity index (χ4n) is 2.85. The lowest BCUT2D eigenvalue weighted by Crippen LogP contribution is -2.40. The summed E-state index contributed by atoms with van der Waals surface area (Å²) in [6.45, 7) is 3.36. The average molecular weight is 223 g/mol. The first-order valence-corrected chi connectivity index (χ1v) is 6.90. The second-order valence-electron chi connectivity index (χ2n) is 5.30. The zero-order chi connectivity index (χ0) is 11.2. The van der Waals surface area contributed by atoms with E-state index in [1.165, 1.54) is 44.9 Å². The summed E-state index contributed by atoms with van der Waals surface area (Å²) >= 11 is 0. The van der Waals surface area contributed by atoms with Crippen LogP contribution in [0.25, 0.3) is 0 Å². The summed E-state index contributed by atoms with van der Waals surface area (Å²) in [5.74, 6) is 0.896. The molecule has 1 aliphatic carbocycles. The van der Waals surface area contributed by atoms with Crippen LogP contribution in [-0.2, 0) is 4.74 Å². The van der Waals surface area contributed by atoms with Crippen LogP contribution in [0, 0.1) is 5.92 Å². The molecule has 2 atom stereocenters. The highest BCUT2D eigenvalue weighted by Crippen LogP contribution is 2.26. The summed E-state index contributed by atoms with van der Waals surface area (Å²) in [5, 5.41) is 3.66. The molecule has 1 N–H and O–H groups in total. The van der Waals surface area contributed by atoms with Crippen molar-refractivity contribution in [3.63, 3.8) is 0 Å². The lowest BCUT2D eigenvalue weighted by molar-refractivity contribution is 0.115. The molecule has 2 nitrogen and oxygen atoms in total. The van der Waals surface area contributed by atoms with E-state index in [0.29, 0.717) is 12.1 Å². The number of nitrogens with one attached hydrogen (secondary N) is 1. The Kier molecular flexibility index (Phi) is 4.70.